The molecule has 290 valence electrons. The van der Waals surface area contributed by atoms with Crippen LogP contribution < -0.4 is 9.80 Å². The van der Waals surface area contributed by atoms with E-state index in [1.54, 1.807) is 25.6 Å². The van der Waals surface area contributed by atoms with Crippen LogP contribution in [0.25, 0.3) is 33.9 Å². The van der Waals surface area contributed by atoms with Crippen molar-refractivity contribution >= 4 is 28.6 Å². The minimum Gasteiger partial charge on any atom is -0.481 e. The number of nitrogens with one attached hydrogen (secondary N) is 1. The fraction of sp³-hybridized carbons (Fsp3) is 0.590. The Hall–Kier alpha value is -4.37. The number of alkyl halides is 3. The Labute approximate surface area is 313 Å². The third-order valence-corrected chi connectivity index (χ3v) is 11.3. The lowest BCUT2D eigenvalue weighted by molar-refractivity contribution is -0.141. The van der Waals surface area contributed by atoms with Crippen LogP contribution in [0.4, 0.5) is 24.7 Å². The number of carboxylic acid groups (broad SMARTS) is 1. The van der Waals surface area contributed by atoms with E-state index in [1.165, 1.54) is 6.42 Å². The summed E-state index contributed by atoms with van der Waals surface area (Å²) in [5, 5.41) is 9.06. The maximum atomic E-state index is 14.1. The second kappa shape index (κ2) is 15.4. The van der Waals surface area contributed by atoms with E-state index in [1.807, 2.05) is 13.1 Å². The summed E-state index contributed by atoms with van der Waals surface area (Å²) >= 11 is 0. The average molecular weight is 750 g/mol. The summed E-state index contributed by atoms with van der Waals surface area (Å²) in [5.41, 5.74) is 2.57. The Morgan fingerprint density at radius 2 is 1.76 bits per heavy atom. The van der Waals surface area contributed by atoms with Gasteiger partial charge in [0.25, 0.3) is 0 Å². The van der Waals surface area contributed by atoms with Crippen molar-refractivity contribution in [1.29, 1.82) is 0 Å². The van der Waals surface area contributed by atoms with Gasteiger partial charge in [-0.05, 0) is 70.7 Å². The average Bonchev–Trinajstić information content (AvgIpc) is 3.90. The molecule has 0 bridgehead atoms. The van der Waals surface area contributed by atoms with E-state index < -0.39 is 17.8 Å². The SMILES string of the molecule is COCC1(CN(C)c2cc(-c3cc(C4CC4)nc(C(F)(F)F)c3)nc3nc(-c4cnc(N5C[C@@H](C)N(CCCC(=O)O)[C@@H](C)C5)cn4)[nH]c23)CCCCC1. The highest BCUT2D eigenvalue weighted by molar-refractivity contribution is 5.91. The van der Waals surface area contributed by atoms with Gasteiger partial charge in [0.1, 0.15) is 22.7 Å². The Bertz CT molecular complexity index is 1930. The molecular formula is C39H50F3N9O3. The molecule has 7 rings (SSSR count). The highest BCUT2D eigenvalue weighted by atomic mass is 19.4. The van der Waals surface area contributed by atoms with E-state index in [2.05, 4.69) is 38.5 Å². The molecule has 5 heterocycles. The van der Waals surface area contributed by atoms with Crippen LogP contribution in [0.5, 0.6) is 0 Å². The lowest BCUT2D eigenvalue weighted by Gasteiger charge is -2.44. The maximum Gasteiger partial charge on any atom is 0.433 e. The summed E-state index contributed by atoms with van der Waals surface area (Å²) in [6.07, 6.45) is 6.74. The van der Waals surface area contributed by atoms with Crippen molar-refractivity contribution < 1.29 is 27.8 Å². The van der Waals surface area contributed by atoms with Crippen molar-refractivity contribution in [3.8, 4) is 22.8 Å². The number of aromatic amines is 1. The number of hydrogen-bond donors (Lipinski definition) is 2. The van der Waals surface area contributed by atoms with Crippen LogP contribution in [-0.2, 0) is 15.7 Å². The number of carboxylic acids is 1. The van der Waals surface area contributed by atoms with Crippen molar-refractivity contribution in [2.45, 2.75) is 95.8 Å². The van der Waals surface area contributed by atoms with Crippen LogP contribution in [0.2, 0.25) is 0 Å². The highest BCUT2D eigenvalue weighted by Crippen LogP contribution is 2.43. The van der Waals surface area contributed by atoms with Crippen LogP contribution in [-0.4, -0.2) is 105 Å². The molecule has 0 unspecified atom stereocenters. The fourth-order valence-corrected chi connectivity index (χ4v) is 8.52. The van der Waals surface area contributed by atoms with Gasteiger partial charge in [-0.3, -0.25) is 9.69 Å². The number of nitrogens with zero attached hydrogens (tertiary/aromatic N) is 8. The van der Waals surface area contributed by atoms with Gasteiger partial charge in [-0.25, -0.2) is 24.9 Å². The molecule has 2 saturated carbocycles. The zero-order chi connectivity index (χ0) is 38.2. The zero-order valence-corrected chi connectivity index (χ0v) is 31.5. The molecule has 0 amide bonds. The molecule has 3 fully saturated rings. The minimum absolute atomic E-state index is 0.0229. The van der Waals surface area contributed by atoms with Crippen molar-refractivity contribution in [2.24, 2.45) is 5.41 Å². The molecule has 54 heavy (non-hydrogen) atoms. The monoisotopic (exact) mass is 749 g/mol. The molecule has 2 aliphatic carbocycles. The van der Waals surface area contributed by atoms with Gasteiger partial charge in [0.05, 0.1) is 30.4 Å². The van der Waals surface area contributed by atoms with Crippen molar-refractivity contribution in [1.82, 2.24) is 34.8 Å². The molecule has 0 aromatic carbocycles. The molecule has 4 aromatic rings. The lowest BCUT2D eigenvalue weighted by atomic mass is 9.74. The van der Waals surface area contributed by atoms with Crippen molar-refractivity contribution in [3.63, 3.8) is 0 Å². The molecule has 1 saturated heterocycles. The van der Waals surface area contributed by atoms with Gasteiger partial charge < -0.3 is 24.6 Å². The van der Waals surface area contributed by atoms with Crippen molar-refractivity contribution in [2.75, 3.05) is 56.7 Å². The smallest absolute Gasteiger partial charge is 0.433 e. The number of pyridine rings is 2. The second-order valence-electron chi connectivity index (χ2n) is 15.7. The van der Waals surface area contributed by atoms with Gasteiger partial charge >= 0.3 is 12.1 Å². The van der Waals surface area contributed by atoms with Crippen molar-refractivity contribution in [3.05, 3.63) is 42.0 Å². The Balaban J connectivity index is 1.21. The first kappa shape index (κ1) is 37.9. The van der Waals surface area contributed by atoms with E-state index in [-0.39, 0.29) is 29.8 Å². The number of fused-ring (bicyclic) bond motifs is 1. The molecule has 3 aliphatic rings. The topological polar surface area (TPSA) is 136 Å². The Morgan fingerprint density at radius 1 is 1.02 bits per heavy atom. The number of ether oxygens (including phenoxy) is 1. The second-order valence-corrected chi connectivity index (χ2v) is 15.7. The molecule has 2 N–H and O–H groups in total. The number of methoxy groups -OCH3 is 1. The number of piperazine rings is 1. The van der Waals surface area contributed by atoms with Crippen LogP contribution in [0.1, 0.15) is 88.9 Å². The molecule has 1 aliphatic heterocycles. The summed E-state index contributed by atoms with van der Waals surface area (Å²) in [7, 11) is 3.74. The van der Waals surface area contributed by atoms with Gasteiger partial charge in [0, 0.05) is 74.9 Å². The minimum atomic E-state index is -4.59. The van der Waals surface area contributed by atoms with E-state index in [0.717, 1.165) is 75.7 Å². The van der Waals surface area contributed by atoms with E-state index in [0.29, 0.717) is 59.2 Å². The van der Waals surface area contributed by atoms with E-state index >= 15 is 0 Å². The van der Waals surface area contributed by atoms with Gasteiger partial charge in [0.15, 0.2) is 11.5 Å². The van der Waals surface area contributed by atoms with Gasteiger partial charge in [-0.2, -0.15) is 13.2 Å². The third kappa shape index (κ3) is 8.31. The number of H-pyrrole nitrogens is 1. The predicted octanol–water partition coefficient (Wildman–Crippen LogP) is 7.17. The largest absolute Gasteiger partial charge is 0.481 e. The standard InChI is InChI=1S/C39H50F3N9O3/c1-24-20-50(21-25(2)51(24)14-8-9-34(52)53)33-19-43-30(18-44-33)36-47-35-31(49(3)22-38(23-54-4)12-6-5-7-13-38)17-29(46-37(35)48-36)27-15-28(26-10-11-26)45-32(16-27)39(40,41)42/h15-19,24-26H,5-14,20-23H2,1-4H3,(H,52,53)(H,46,47,48)/t24-,25+. The number of aromatic nitrogens is 6. The van der Waals surface area contributed by atoms with Crippen LogP contribution in [0.3, 0.4) is 0 Å². The lowest BCUT2D eigenvalue weighted by Crippen LogP contribution is -2.57. The highest BCUT2D eigenvalue weighted by Gasteiger charge is 2.37. The first-order valence-electron chi connectivity index (χ1n) is 19.1. The third-order valence-electron chi connectivity index (χ3n) is 11.3. The quantitative estimate of drug-likeness (QED) is 0.144. The maximum absolute atomic E-state index is 14.1. The van der Waals surface area contributed by atoms with E-state index in [9.17, 15) is 18.0 Å². The van der Waals surface area contributed by atoms with E-state index in [4.69, 9.17) is 29.8 Å². The summed E-state index contributed by atoms with van der Waals surface area (Å²) < 4.78 is 48.0. The number of carbonyl (C=O) groups is 1. The zero-order valence-electron chi connectivity index (χ0n) is 31.5. The van der Waals surface area contributed by atoms with Crippen LogP contribution in [0.15, 0.2) is 30.6 Å². The predicted molar refractivity (Wildman–Crippen MR) is 200 cm³/mol. The number of rotatable bonds is 13. The molecule has 0 radical (unpaired) electrons. The number of hydrogen-bond acceptors (Lipinski definition) is 10. The Morgan fingerprint density at radius 3 is 2.39 bits per heavy atom. The van der Waals surface area contributed by atoms with Gasteiger partial charge in [-0.15, -0.1) is 0 Å². The Kier molecular flexibility index (Phi) is 10.8. The molecule has 0 spiro atoms. The van der Waals surface area contributed by atoms with Gasteiger partial charge in [0.2, 0.25) is 0 Å². The molecule has 2 atom stereocenters. The van der Waals surface area contributed by atoms with Gasteiger partial charge in [-0.1, -0.05) is 19.3 Å². The molecule has 4 aromatic heterocycles. The van der Waals surface area contributed by atoms with Crippen LogP contribution in [0, 0.1) is 5.41 Å². The molecule has 12 nitrogen and oxygen atoms in total. The first-order valence-corrected chi connectivity index (χ1v) is 19.1. The first-order chi connectivity index (χ1) is 25.8. The summed E-state index contributed by atoms with van der Waals surface area (Å²) in [6.45, 7) is 7.80. The number of imidazole rings is 1. The number of halogens is 3. The molecular weight excluding hydrogens is 699 g/mol. The number of aliphatic carboxylic acids is 1. The summed E-state index contributed by atoms with van der Waals surface area (Å²) in [5.74, 6) is 0.441. The van der Waals surface area contributed by atoms with Crippen LogP contribution >= 0.6 is 0 Å². The summed E-state index contributed by atoms with van der Waals surface area (Å²) in [6, 6.07) is 5.11. The normalized spacial score (nSPS) is 20.8. The fourth-order valence-electron chi connectivity index (χ4n) is 8.52. The number of anilines is 2. The molecule has 15 heteroatoms. The summed E-state index contributed by atoms with van der Waals surface area (Å²) in [4.78, 5) is 44.4.